The number of hydrogen-bond donors (Lipinski definition) is 0. The molecule has 0 bridgehead atoms. The van der Waals surface area contributed by atoms with Gasteiger partial charge in [-0.05, 0) is 37.1 Å². The SMILES string of the molecule is COc1nc(-c2nc3n(n2)C(F)(F)CCC3c2ccccc2C(F)(F)F)ccc1-n1cnc(C)c1. The van der Waals surface area contributed by atoms with Crippen LogP contribution in [0.25, 0.3) is 17.2 Å². The Labute approximate surface area is 196 Å². The predicted molar refractivity (Wildman–Crippen MR) is 114 cm³/mol. The molecule has 0 N–H and O–H groups in total. The van der Waals surface area contributed by atoms with Crippen LogP contribution in [-0.4, -0.2) is 36.4 Å². The molecule has 0 fully saturated rings. The summed E-state index contributed by atoms with van der Waals surface area (Å²) >= 11 is 0. The van der Waals surface area contributed by atoms with Crippen molar-refractivity contribution in [1.82, 2.24) is 29.3 Å². The lowest BCUT2D eigenvalue weighted by atomic mass is 9.87. The van der Waals surface area contributed by atoms with Gasteiger partial charge in [0.05, 0.1) is 24.7 Å². The van der Waals surface area contributed by atoms with Crippen LogP contribution >= 0.6 is 0 Å². The number of imidazole rings is 1. The van der Waals surface area contributed by atoms with Crippen LogP contribution in [0.1, 0.15) is 41.4 Å². The highest BCUT2D eigenvalue weighted by Crippen LogP contribution is 2.45. The van der Waals surface area contributed by atoms with Gasteiger partial charge in [-0.25, -0.2) is 15.0 Å². The van der Waals surface area contributed by atoms with Crippen molar-refractivity contribution in [3.8, 4) is 23.1 Å². The molecule has 1 aliphatic rings. The zero-order valence-electron chi connectivity index (χ0n) is 18.6. The number of ether oxygens (including phenoxy) is 1. The first kappa shape index (κ1) is 22.9. The smallest absolute Gasteiger partial charge is 0.416 e. The van der Waals surface area contributed by atoms with Crippen LogP contribution in [0.15, 0.2) is 48.9 Å². The van der Waals surface area contributed by atoms with Crippen molar-refractivity contribution in [2.75, 3.05) is 7.11 Å². The van der Waals surface area contributed by atoms with Crippen LogP contribution in [0, 0.1) is 6.92 Å². The summed E-state index contributed by atoms with van der Waals surface area (Å²) in [6.07, 6.45) is -2.19. The summed E-state index contributed by atoms with van der Waals surface area (Å²) in [5.74, 6) is -1.21. The molecule has 0 saturated heterocycles. The van der Waals surface area contributed by atoms with Crippen molar-refractivity contribution in [2.45, 2.75) is 37.9 Å². The van der Waals surface area contributed by atoms with Gasteiger partial charge >= 0.3 is 12.2 Å². The molecule has 1 aromatic carbocycles. The van der Waals surface area contributed by atoms with E-state index in [2.05, 4.69) is 20.1 Å². The Morgan fingerprint density at radius 3 is 2.54 bits per heavy atom. The number of benzene rings is 1. The monoisotopic (exact) mass is 490 g/mol. The number of rotatable bonds is 4. The number of methoxy groups -OCH3 is 1. The molecule has 0 radical (unpaired) electrons. The lowest BCUT2D eigenvalue weighted by Crippen LogP contribution is -2.33. The number of hydrogen-bond acceptors (Lipinski definition) is 5. The van der Waals surface area contributed by atoms with E-state index in [1.807, 2.05) is 6.92 Å². The van der Waals surface area contributed by atoms with Crippen LogP contribution in [0.4, 0.5) is 22.0 Å². The second-order valence-corrected chi connectivity index (χ2v) is 8.19. The van der Waals surface area contributed by atoms with Crippen LogP contribution in [-0.2, 0) is 12.2 Å². The van der Waals surface area contributed by atoms with Crippen molar-refractivity contribution in [3.63, 3.8) is 0 Å². The maximum atomic E-state index is 14.8. The Balaban J connectivity index is 1.61. The fraction of sp³-hybridized carbons (Fsp3) is 0.304. The lowest BCUT2D eigenvalue weighted by Gasteiger charge is -2.30. The summed E-state index contributed by atoms with van der Waals surface area (Å²) in [5.41, 5.74) is 0.469. The van der Waals surface area contributed by atoms with E-state index in [0.717, 1.165) is 11.8 Å². The number of nitrogens with zero attached hydrogens (tertiary/aromatic N) is 6. The number of halogens is 5. The standard InChI is InChI=1S/C23H19F5N6O/c1-13-11-33(12-29-13)18-8-7-17(30-21(18)35-2)19-31-20-15(9-10-22(24,25)34(20)32-19)14-5-3-4-6-16(14)23(26,27)28/h3-8,11-12,15H,9-10H2,1-2H3. The predicted octanol–water partition coefficient (Wildman–Crippen LogP) is 5.34. The lowest BCUT2D eigenvalue weighted by molar-refractivity contribution is -0.138. The van der Waals surface area contributed by atoms with E-state index in [1.165, 1.54) is 31.4 Å². The minimum atomic E-state index is -4.64. The molecule has 182 valence electrons. The minimum absolute atomic E-state index is 0.118. The van der Waals surface area contributed by atoms with Gasteiger partial charge in [-0.2, -0.15) is 26.6 Å². The van der Waals surface area contributed by atoms with E-state index >= 15 is 0 Å². The highest BCUT2D eigenvalue weighted by Gasteiger charge is 2.45. The topological polar surface area (TPSA) is 70.7 Å². The molecule has 1 atom stereocenters. The first-order valence-electron chi connectivity index (χ1n) is 10.7. The third-order valence-corrected chi connectivity index (χ3v) is 5.88. The molecular formula is C23H19F5N6O. The fourth-order valence-electron chi connectivity index (χ4n) is 4.26. The van der Waals surface area contributed by atoms with Crippen molar-refractivity contribution < 1.29 is 26.7 Å². The summed E-state index contributed by atoms with van der Waals surface area (Å²) in [4.78, 5) is 12.8. The summed E-state index contributed by atoms with van der Waals surface area (Å²) in [6.45, 7) is 1.82. The van der Waals surface area contributed by atoms with Crippen molar-refractivity contribution in [1.29, 1.82) is 0 Å². The number of alkyl halides is 5. The number of pyridine rings is 1. The summed E-state index contributed by atoms with van der Waals surface area (Å²) < 4.78 is 77.9. The molecule has 35 heavy (non-hydrogen) atoms. The molecule has 5 rings (SSSR count). The third kappa shape index (κ3) is 4.02. The number of aromatic nitrogens is 6. The van der Waals surface area contributed by atoms with Crippen LogP contribution in [0.2, 0.25) is 0 Å². The van der Waals surface area contributed by atoms with Gasteiger partial charge < -0.3 is 9.30 Å². The van der Waals surface area contributed by atoms with E-state index in [9.17, 15) is 22.0 Å². The molecular weight excluding hydrogens is 471 g/mol. The molecule has 3 aromatic heterocycles. The Bertz CT molecular complexity index is 1390. The second-order valence-electron chi connectivity index (χ2n) is 8.19. The van der Waals surface area contributed by atoms with Gasteiger partial charge in [0.15, 0.2) is 5.82 Å². The van der Waals surface area contributed by atoms with Crippen molar-refractivity contribution in [2.24, 2.45) is 0 Å². The average Bonchev–Trinajstić information content (AvgIpc) is 3.46. The summed E-state index contributed by atoms with van der Waals surface area (Å²) in [7, 11) is 1.41. The number of aryl methyl sites for hydroxylation is 1. The molecule has 0 spiro atoms. The molecule has 4 aromatic rings. The summed E-state index contributed by atoms with van der Waals surface area (Å²) in [6, 6.07) is 4.72. The zero-order valence-corrected chi connectivity index (χ0v) is 18.6. The first-order valence-corrected chi connectivity index (χ1v) is 10.7. The largest absolute Gasteiger partial charge is 0.479 e. The maximum Gasteiger partial charge on any atom is 0.416 e. The highest BCUT2D eigenvalue weighted by atomic mass is 19.4. The fourth-order valence-corrected chi connectivity index (χ4v) is 4.26. The van der Waals surface area contributed by atoms with Gasteiger partial charge in [-0.1, -0.05) is 18.2 Å². The quantitative estimate of drug-likeness (QED) is 0.362. The van der Waals surface area contributed by atoms with Crippen LogP contribution < -0.4 is 4.74 Å². The minimum Gasteiger partial charge on any atom is -0.479 e. The molecule has 1 aliphatic heterocycles. The normalized spacial score (nSPS) is 17.3. The van der Waals surface area contributed by atoms with Crippen LogP contribution in [0.5, 0.6) is 5.88 Å². The Morgan fingerprint density at radius 2 is 1.86 bits per heavy atom. The van der Waals surface area contributed by atoms with Gasteiger partial charge in [0.25, 0.3) is 0 Å². The molecule has 12 heteroatoms. The molecule has 0 saturated carbocycles. The third-order valence-electron chi connectivity index (χ3n) is 5.88. The van der Waals surface area contributed by atoms with Crippen molar-refractivity contribution in [3.05, 3.63) is 71.6 Å². The van der Waals surface area contributed by atoms with Gasteiger partial charge in [-0.15, -0.1) is 5.10 Å². The molecule has 1 unspecified atom stereocenters. The zero-order chi connectivity index (χ0) is 25.0. The van der Waals surface area contributed by atoms with E-state index in [4.69, 9.17) is 4.74 Å². The Morgan fingerprint density at radius 1 is 1.09 bits per heavy atom. The summed E-state index contributed by atoms with van der Waals surface area (Å²) in [5, 5.41) is 3.96. The Kier molecular flexibility index (Phi) is 5.33. The van der Waals surface area contributed by atoms with Gasteiger partial charge in [0.1, 0.15) is 17.2 Å². The first-order chi connectivity index (χ1) is 16.6. The molecule has 0 aliphatic carbocycles. The van der Waals surface area contributed by atoms with E-state index in [1.54, 1.807) is 23.2 Å². The van der Waals surface area contributed by atoms with Crippen LogP contribution in [0.3, 0.4) is 0 Å². The van der Waals surface area contributed by atoms with E-state index in [0.29, 0.717) is 10.4 Å². The molecule has 4 heterocycles. The van der Waals surface area contributed by atoms with Crippen molar-refractivity contribution >= 4 is 0 Å². The molecule has 7 nitrogen and oxygen atoms in total. The van der Waals surface area contributed by atoms with Gasteiger partial charge in [0, 0.05) is 18.5 Å². The number of fused-ring (bicyclic) bond motifs is 1. The van der Waals surface area contributed by atoms with E-state index in [-0.39, 0.29) is 35.2 Å². The maximum absolute atomic E-state index is 14.8. The average molecular weight is 490 g/mol. The second kappa shape index (κ2) is 8.14. The van der Waals surface area contributed by atoms with Gasteiger partial charge in [0.2, 0.25) is 5.88 Å². The highest BCUT2D eigenvalue weighted by molar-refractivity contribution is 5.56. The van der Waals surface area contributed by atoms with Gasteiger partial charge in [-0.3, -0.25) is 0 Å². The Hall–Kier alpha value is -3.83. The van der Waals surface area contributed by atoms with E-state index < -0.39 is 30.1 Å². The molecule has 0 amide bonds.